The summed E-state index contributed by atoms with van der Waals surface area (Å²) in [5.41, 5.74) is 3.33. The molecule has 1 amide bonds. The van der Waals surface area contributed by atoms with Crippen molar-refractivity contribution in [2.75, 3.05) is 42.8 Å². The van der Waals surface area contributed by atoms with Gasteiger partial charge in [0.2, 0.25) is 11.8 Å². The van der Waals surface area contributed by atoms with Crippen LogP contribution in [0.1, 0.15) is 19.3 Å². The van der Waals surface area contributed by atoms with Crippen molar-refractivity contribution < 1.29 is 13.9 Å². The maximum absolute atomic E-state index is 12.3. The summed E-state index contributed by atoms with van der Waals surface area (Å²) in [6.45, 7) is 1.65. The van der Waals surface area contributed by atoms with Gasteiger partial charge in [0.25, 0.3) is 0 Å². The predicted molar refractivity (Wildman–Crippen MR) is 131 cm³/mol. The van der Waals surface area contributed by atoms with Crippen LogP contribution in [0, 0.1) is 5.92 Å². The van der Waals surface area contributed by atoms with Gasteiger partial charge in [0.15, 0.2) is 5.58 Å². The first-order valence-corrected chi connectivity index (χ1v) is 11.6. The summed E-state index contributed by atoms with van der Waals surface area (Å²) in [5.74, 6) is 1.81. The quantitative estimate of drug-likeness (QED) is 0.427. The van der Waals surface area contributed by atoms with E-state index < -0.39 is 0 Å². The zero-order valence-electron chi connectivity index (χ0n) is 19.2. The zero-order chi connectivity index (χ0) is 23.2. The minimum absolute atomic E-state index is 0.0166. The summed E-state index contributed by atoms with van der Waals surface area (Å²) in [6, 6.07) is 8.21. The lowest BCUT2D eigenvalue weighted by Gasteiger charge is -2.42. The van der Waals surface area contributed by atoms with Crippen molar-refractivity contribution in [2.24, 2.45) is 5.92 Å². The zero-order valence-corrected chi connectivity index (χ0v) is 19.2. The molecule has 1 atom stereocenters. The number of anilines is 3. The van der Waals surface area contributed by atoms with Crippen LogP contribution in [0.3, 0.4) is 0 Å². The molecule has 1 unspecified atom stereocenters. The molecule has 1 aliphatic heterocycles. The molecule has 3 aromatic heterocycles. The molecule has 2 N–H and O–H groups in total. The standard InChI is InChI=1S/C25H26N6O3/c1-26-23-17-11-27-21(29-24(32)14-6-7-14)10-16(17)18(12-28-23)25-30-22-19(4-3-5-20(22)34-25)31-9-8-15(31)13-33-2/h3-5,10-12,14-15H,6-9,13H2,1-2H3,(H,26,28)(H,27,29,32). The number of rotatable bonds is 7. The molecular weight excluding hydrogens is 432 g/mol. The largest absolute Gasteiger partial charge is 0.436 e. The summed E-state index contributed by atoms with van der Waals surface area (Å²) in [5, 5.41) is 7.73. The Bertz CT molecular complexity index is 1400. The molecular formula is C25H26N6O3. The molecule has 9 nitrogen and oxygen atoms in total. The number of carbonyl (C=O) groups excluding carboxylic acids is 1. The third kappa shape index (κ3) is 3.52. The van der Waals surface area contributed by atoms with Crippen molar-refractivity contribution in [3.05, 3.63) is 36.7 Å². The van der Waals surface area contributed by atoms with Crippen LogP contribution >= 0.6 is 0 Å². The number of methoxy groups -OCH3 is 1. The van der Waals surface area contributed by atoms with Crippen molar-refractivity contribution in [3.63, 3.8) is 0 Å². The molecule has 4 heterocycles. The summed E-state index contributed by atoms with van der Waals surface area (Å²) in [7, 11) is 3.55. The molecule has 2 fully saturated rings. The van der Waals surface area contributed by atoms with E-state index in [9.17, 15) is 4.79 Å². The molecule has 0 radical (unpaired) electrons. The first-order valence-electron chi connectivity index (χ1n) is 11.6. The Morgan fingerprint density at radius 3 is 2.82 bits per heavy atom. The number of aromatic nitrogens is 3. The Balaban J connectivity index is 1.44. The van der Waals surface area contributed by atoms with E-state index in [1.807, 2.05) is 25.2 Å². The first-order chi connectivity index (χ1) is 16.7. The van der Waals surface area contributed by atoms with E-state index in [4.69, 9.17) is 14.1 Å². The average Bonchev–Trinajstić information content (AvgIpc) is 3.60. The summed E-state index contributed by atoms with van der Waals surface area (Å²) < 4.78 is 11.6. The Labute approximate surface area is 196 Å². The summed E-state index contributed by atoms with van der Waals surface area (Å²) in [6.07, 6.45) is 6.45. The second kappa shape index (κ2) is 8.25. The monoisotopic (exact) mass is 458 g/mol. The highest BCUT2D eigenvalue weighted by Crippen LogP contribution is 2.38. The van der Waals surface area contributed by atoms with Crippen LogP contribution in [-0.4, -0.2) is 54.2 Å². The molecule has 2 aliphatic rings. The Morgan fingerprint density at radius 1 is 1.21 bits per heavy atom. The number of ether oxygens (including phenoxy) is 1. The predicted octanol–water partition coefficient (Wildman–Crippen LogP) is 4.05. The van der Waals surface area contributed by atoms with Gasteiger partial charge in [-0.3, -0.25) is 4.79 Å². The van der Waals surface area contributed by atoms with Crippen molar-refractivity contribution in [2.45, 2.75) is 25.3 Å². The van der Waals surface area contributed by atoms with Crippen molar-refractivity contribution >= 4 is 45.1 Å². The van der Waals surface area contributed by atoms with Crippen molar-refractivity contribution in [3.8, 4) is 11.5 Å². The lowest BCUT2D eigenvalue weighted by atomic mass is 10.0. The number of nitrogens with zero attached hydrogens (tertiary/aromatic N) is 4. The molecule has 1 saturated carbocycles. The first kappa shape index (κ1) is 20.9. The number of nitrogens with one attached hydrogen (secondary N) is 2. The molecule has 34 heavy (non-hydrogen) atoms. The number of oxazole rings is 1. The molecule has 1 aliphatic carbocycles. The Kier molecular flexibility index (Phi) is 5.06. The van der Waals surface area contributed by atoms with E-state index in [1.165, 1.54) is 0 Å². The third-order valence-corrected chi connectivity index (χ3v) is 6.65. The smallest absolute Gasteiger partial charge is 0.229 e. The van der Waals surface area contributed by atoms with Gasteiger partial charge < -0.3 is 24.7 Å². The highest BCUT2D eigenvalue weighted by atomic mass is 16.5. The van der Waals surface area contributed by atoms with E-state index in [2.05, 4.69) is 31.6 Å². The van der Waals surface area contributed by atoms with E-state index in [0.29, 0.717) is 30.2 Å². The SMILES string of the molecule is CNc1ncc(-c2nc3c(N4CCC4COC)cccc3o2)c2cc(NC(=O)C3CC3)ncc12. The fraction of sp³-hybridized carbons (Fsp3) is 0.360. The van der Waals surface area contributed by atoms with E-state index in [-0.39, 0.29) is 11.8 Å². The van der Waals surface area contributed by atoms with E-state index in [1.54, 1.807) is 19.5 Å². The average molecular weight is 459 g/mol. The summed E-state index contributed by atoms with van der Waals surface area (Å²) in [4.78, 5) is 28.5. The highest BCUT2D eigenvalue weighted by Gasteiger charge is 2.31. The highest BCUT2D eigenvalue weighted by molar-refractivity contribution is 6.03. The van der Waals surface area contributed by atoms with Crippen LogP contribution < -0.4 is 15.5 Å². The minimum atomic E-state index is 0.0166. The number of para-hydroxylation sites is 1. The minimum Gasteiger partial charge on any atom is -0.436 e. The topological polar surface area (TPSA) is 105 Å². The van der Waals surface area contributed by atoms with Gasteiger partial charge in [0, 0.05) is 49.8 Å². The van der Waals surface area contributed by atoms with Crippen LogP contribution in [-0.2, 0) is 9.53 Å². The molecule has 1 aromatic carbocycles. The Morgan fingerprint density at radius 2 is 2.09 bits per heavy atom. The van der Waals surface area contributed by atoms with Crippen molar-refractivity contribution in [1.82, 2.24) is 15.0 Å². The second-order valence-electron chi connectivity index (χ2n) is 8.88. The van der Waals surface area contributed by atoms with Crippen LogP contribution in [0.4, 0.5) is 17.3 Å². The van der Waals surface area contributed by atoms with Crippen LogP contribution in [0.5, 0.6) is 0 Å². The number of fused-ring (bicyclic) bond motifs is 2. The van der Waals surface area contributed by atoms with Crippen LogP contribution in [0.2, 0.25) is 0 Å². The lowest BCUT2D eigenvalue weighted by molar-refractivity contribution is -0.117. The number of amides is 1. The van der Waals surface area contributed by atoms with Gasteiger partial charge >= 0.3 is 0 Å². The van der Waals surface area contributed by atoms with Gasteiger partial charge in [-0.05, 0) is 37.5 Å². The van der Waals surface area contributed by atoms with Gasteiger partial charge in [-0.15, -0.1) is 0 Å². The van der Waals surface area contributed by atoms with Gasteiger partial charge in [0.1, 0.15) is 17.2 Å². The van der Waals surface area contributed by atoms with Gasteiger partial charge in [-0.25, -0.2) is 15.0 Å². The lowest BCUT2D eigenvalue weighted by Crippen LogP contribution is -2.50. The number of benzene rings is 1. The number of hydrogen-bond donors (Lipinski definition) is 2. The van der Waals surface area contributed by atoms with Crippen molar-refractivity contribution in [1.29, 1.82) is 0 Å². The molecule has 4 aromatic rings. The fourth-order valence-corrected chi connectivity index (χ4v) is 4.55. The Hall–Kier alpha value is -3.72. The third-order valence-electron chi connectivity index (χ3n) is 6.65. The van der Waals surface area contributed by atoms with Crippen LogP contribution in [0.15, 0.2) is 41.1 Å². The second-order valence-corrected chi connectivity index (χ2v) is 8.88. The molecule has 1 saturated heterocycles. The van der Waals surface area contributed by atoms with Gasteiger partial charge in [-0.2, -0.15) is 0 Å². The molecule has 9 heteroatoms. The van der Waals surface area contributed by atoms with Crippen LogP contribution in [0.25, 0.3) is 33.3 Å². The van der Waals surface area contributed by atoms with E-state index in [0.717, 1.165) is 58.9 Å². The normalized spacial score (nSPS) is 17.7. The maximum atomic E-state index is 12.3. The number of pyridine rings is 2. The molecule has 0 spiro atoms. The molecule has 174 valence electrons. The number of carbonyl (C=O) groups is 1. The fourth-order valence-electron chi connectivity index (χ4n) is 4.55. The van der Waals surface area contributed by atoms with Gasteiger partial charge in [-0.1, -0.05) is 6.07 Å². The molecule has 0 bridgehead atoms. The maximum Gasteiger partial charge on any atom is 0.229 e. The summed E-state index contributed by atoms with van der Waals surface area (Å²) >= 11 is 0. The van der Waals surface area contributed by atoms with E-state index >= 15 is 0 Å². The van der Waals surface area contributed by atoms with Gasteiger partial charge in [0.05, 0.1) is 23.9 Å². The number of hydrogen-bond acceptors (Lipinski definition) is 8. The molecule has 6 rings (SSSR count).